The summed E-state index contributed by atoms with van der Waals surface area (Å²) in [6.07, 6.45) is 2.30. The van der Waals surface area contributed by atoms with Crippen LogP contribution in [0.5, 0.6) is 0 Å². The zero-order chi connectivity index (χ0) is 11.2. The van der Waals surface area contributed by atoms with Crippen LogP contribution in [-0.2, 0) is 4.74 Å². The molecular weight excluding hydrogens is 206 g/mol. The summed E-state index contributed by atoms with van der Waals surface area (Å²) in [5.74, 6) is 0. The van der Waals surface area contributed by atoms with Crippen LogP contribution >= 0.6 is 0 Å². The van der Waals surface area contributed by atoms with Crippen molar-refractivity contribution in [3.63, 3.8) is 0 Å². The molecule has 2 heterocycles. The second-order valence-electron chi connectivity index (χ2n) is 4.62. The van der Waals surface area contributed by atoms with E-state index in [1.807, 2.05) is 0 Å². The Hall–Kier alpha value is -0.200. The molecule has 0 aromatic carbocycles. The van der Waals surface area contributed by atoms with Gasteiger partial charge in [-0.15, -0.1) is 0 Å². The molecule has 2 N–H and O–H groups in total. The van der Waals surface area contributed by atoms with Crippen LogP contribution in [0.15, 0.2) is 0 Å². The van der Waals surface area contributed by atoms with E-state index in [1.54, 1.807) is 0 Å². The first-order valence-electron chi connectivity index (χ1n) is 6.31. The van der Waals surface area contributed by atoms with Crippen LogP contribution in [0.25, 0.3) is 0 Å². The van der Waals surface area contributed by atoms with Gasteiger partial charge >= 0.3 is 0 Å². The smallest absolute Gasteiger partial charge is 0.0805 e. The van der Waals surface area contributed by atoms with Crippen LogP contribution < -0.4 is 5.43 Å². The molecule has 0 aromatic rings. The monoisotopic (exact) mass is 229 g/mol. The van der Waals surface area contributed by atoms with Gasteiger partial charge in [0.2, 0.25) is 0 Å². The summed E-state index contributed by atoms with van der Waals surface area (Å²) in [6, 6.07) is 0. The number of hydrogen-bond acceptors (Lipinski definition) is 5. The second-order valence-corrected chi connectivity index (χ2v) is 4.62. The SMILES string of the molecule is OC(CNN1CCOCC1)CN1CCCC1. The average Bonchev–Trinajstić information content (AvgIpc) is 2.81. The van der Waals surface area contributed by atoms with Gasteiger partial charge in [-0.1, -0.05) is 0 Å². The number of hydrogen-bond donors (Lipinski definition) is 2. The molecule has 5 nitrogen and oxygen atoms in total. The Labute approximate surface area is 97.3 Å². The molecule has 2 saturated heterocycles. The van der Waals surface area contributed by atoms with E-state index in [0.717, 1.165) is 45.9 Å². The molecule has 0 aliphatic carbocycles. The van der Waals surface area contributed by atoms with Crippen molar-refractivity contribution in [3.05, 3.63) is 0 Å². The second kappa shape index (κ2) is 6.51. The summed E-state index contributed by atoms with van der Waals surface area (Å²) < 4.78 is 5.26. The molecular formula is C11H23N3O2. The van der Waals surface area contributed by atoms with Gasteiger partial charge in [-0.05, 0) is 25.9 Å². The third kappa shape index (κ3) is 3.99. The molecule has 0 bridgehead atoms. The van der Waals surface area contributed by atoms with Crippen molar-refractivity contribution in [3.8, 4) is 0 Å². The molecule has 2 aliphatic rings. The lowest BCUT2D eigenvalue weighted by molar-refractivity contribution is 0.000853. The fraction of sp³-hybridized carbons (Fsp3) is 1.00. The van der Waals surface area contributed by atoms with E-state index < -0.39 is 0 Å². The lowest BCUT2D eigenvalue weighted by Crippen LogP contribution is -2.49. The van der Waals surface area contributed by atoms with Crippen molar-refractivity contribution in [1.29, 1.82) is 0 Å². The largest absolute Gasteiger partial charge is 0.390 e. The standard InChI is InChI=1S/C11H23N3O2/c15-11(10-13-3-1-2-4-13)9-12-14-5-7-16-8-6-14/h11-12,15H,1-10H2. The maximum Gasteiger partial charge on any atom is 0.0805 e. The Kier molecular flexibility index (Phi) is 4.99. The van der Waals surface area contributed by atoms with Gasteiger partial charge in [0, 0.05) is 26.2 Å². The molecule has 5 heteroatoms. The van der Waals surface area contributed by atoms with Gasteiger partial charge in [0.1, 0.15) is 0 Å². The van der Waals surface area contributed by atoms with E-state index in [0.29, 0.717) is 6.54 Å². The Morgan fingerprint density at radius 1 is 1.12 bits per heavy atom. The van der Waals surface area contributed by atoms with Crippen molar-refractivity contribution < 1.29 is 9.84 Å². The minimum absolute atomic E-state index is 0.263. The van der Waals surface area contributed by atoms with Crippen LogP contribution in [0.3, 0.4) is 0 Å². The van der Waals surface area contributed by atoms with Crippen LogP contribution in [0, 0.1) is 0 Å². The summed E-state index contributed by atoms with van der Waals surface area (Å²) in [6.45, 7) is 7.15. The van der Waals surface area contributed by atoms with Crippen LogP contribution in [0.1, 0.15) is 12.8 Å². The summed E-state index contributed by atoms with van der Waals surface area (Å²) in [4.78, 5) is 2.34. The first kappa shape index (κ1) is 12.3. The van der Waals surface area contributed by atoms with E-state index in [2.05, 4.69) is 15.3 Å². The Morgan fingerprint density at radius 2 is 1.81 bits per heavy atom. The Morgan fingerprint density at radius 3 is 2.50 bits per heavy atom. The predicted octanol–water partition coefficient (Wildman–Crippen LogP) is -0.720. The van der Waals surface area contributed by atoms with Crippen molar-refractivity contribution in [2.45, 2.75) is 18.9 Å². The summed E-state index contributed by atoms with van der Waals surface area (Å²) in [5, 5.41) is 12.0. The number of β-amino-alcohol motifs (C(OH)–C–C–N with tert-alkyl or cyclic N) is 1. The highest BCUT2D eigenvalue weighted by Crippen LogP contribution is 2.07. The number of aliphatic hydroxyl groups is 1. The Bertz CT molecular complexity index is 192. The van der Waals surface area contributed by atoms with E-state index in [-0.39, 0.29) is 6.10 Å². The molecule has 2 fully saturated rings. The third-order valence-electron chi connectivity index (χ3n) is 3.23. The molecule has 0 spiro atoms. The number of aliphatic hydroxyl groups excluding tert-OH is 1. The van der Waals surface area contributed by atoms with Crippen LogP contribution in [0.4, 0.5) is 0 Å². The number of morpholine rings is 1. The van der Waals surface area contributed by atoms with Gasteiger partial charge in [0.15, 0.2) is 0 Å². The highest BCUT2D eigenvalue weighted by molar-refractivity contribution is 4.71. The number of nitrogens with zero attached hydrogens (tertiary/aromatic N) is 2. The number of likely N-dealkylation sites (tertiary alicyclic amines) is 1. The maximum absolute atomic E-state index is 9.88. The molecule has 0 aromatic heterocycles. The fourth-order valence-corrected chi connectivity index (χ4v) is 2.28. The number of rotatable bonds is 5. The molecule has 94 valence electrons. The van der Waals surface area contributed by atoms with Crippen LogP contribution in [-0.4, -0.2) is 73.6 Å². The van der Waals surface area contributed by atoms with Gasteiger partial charge in [-0.2, -0.15) is 0 Å². The van der Waals surface area contributed by atoms with Gasteiger partial charge < -0.3 is 14.7 Å². The highest BCUT2D eigenvalue weighted by Gasteiger charge is 2.17. The van der Waals surface area contributed by atoms with Crippen LogP contribution in [0.2, 0.25) is 0 Å². The molecule has 0 saturated carbocycles. The molecule has 2 aliphatic heterocycles. The first-order valence-corrected chi connectivity index (χ1v) is 6.31. The zero-order valence-electron chi connectivity index (χ0n) is 9.90. The molecule has 1 atom stereocenters. The number of ether oxygens (including phenoxy) is 1. The lowest BCUT2D eigenvalue weighted by Gasteiger charge is -2.29. The predicted molar refractivity (Wildman–Crippen MR) is 62.1 cm³/mol. The highest BCUT2D eigenvalue weighted by atomic mass is 16.5. The van der Waals surface area contributed by atoms with E-state index in [9.17, 15) is 5.11 Å². The maximum atomic E-state index is 9.88. The lowest BCUT2D eigenvalue weighted by atomic mass is 10.3. The molecule has 0 amide bonds. The molecule has 16 heavy (non-hydrogen) atoms. The minimum atomic E-state index is -0.263. The van der Waals surface area contributed by atoms with Crippen molar-refractivity contribution >= 4 is 0 Å². The summed E-state index contributed by atoms with van der Waals surface area (Å²) >= 11 is 0. The topological polar surface area (TPSA) is 48.0 Å². The summed E-state index contributed by atoms with van der Waals surface area (Å²) in [7, 11) is 0. The summed E-state index contributed by atoms with van der Waals surface area (Å²) in [5.41, 5.74) is 3.27. The normalized spacial score (nSPS) is 26.1. The van der Waals surface area contributed by atoms with Gasteiger partial charge in [0.05, 0.1) is 19.3 Å². The molecule has 2 rings (SSSR count). The first-order chi connectivity index (χ1) is 7.84. The third-order valence-corrected chi connectivity index (χ3v) is 3.23. The fourth-order valence-electron chi connectivity index (χ4n) is 2.28. The van der Waals surface area contributed by atoms with Gasteiger partial charge in [-0.25, -0.2) is 5.01 Å². The molecule has 0 radical (unpaired) electrons. The van der Waals surface area contributed by atoms with Crippen molar-refractivity contribution in [2.75, 3.05) is 52.5 Å². The van der Waals surface area contributed by atoms with Gasteiger partial charge in [-0.3, -0.25) is 5.43 Å². The number of nitrogens with one attached hydrogen (secondary N) is 1. The minimum Gasteiger partial charge on any atom is -0.390 e. The van der Waals surface area contributed by atoms with Crippen molar-refractivity contribution in [1.82, 2.24) is 15.3 Å². The van der Waals surface area contributed by atoms with E-state index >= 15 is 0 Å². The molecule has 1 unspecified atom stereocenters. The zero-order valence-corrected chi connectivity index (χ0v) is 9.90. The van der Waals surface area contributed by atoms with E-state index in [4.69, 9.17) is 4.74 Å². The Balaban J connectivity index is 1.57. The quantitative estimate of drug-likeness (QED) is 0.651. The van der Waals surface area contributed by atoms with Crippen molar-refractivity contribution in [2.24, 2.45) is 0 Å². The van der Waals surface area contributed by atoms with E-state index in [1.165, 1.54) is 12.8 Å². The number of hydrazine groups is 1. The van der Waals surface area contributed by atoms with Gasteiger partial charge in [0.25, 0.3) is 0 Å². The average molecular weight is 229 g/mol.